The predicted molar refractivity (Wildman–Crippen MR) is 77.8 cm³/mol. The van der Waals surface area contributed by atoms with Crippen molar-refractivity contribution in [3.63, 3.8) is 0 Å². The quantitative estimate of drug-likeness (QED) is 0.820. The molecule has 1 fully saturated rings. The Kier molecular flexibility index (Phi) is 3.80. The van der Waals surface area contributed by atoms with Crippen LogP contribution in [0.1, 0.15) is 43.0 Å². The number of anilines is 1. The highest BCUT2D eigenvalue weighted by atomic mass is 32.1. The molecular formula is C13H20N4S. The zero-order chi connectivity index (χ0) is 13.3. The molecule has 1 aliphatic carbocycles. The number of thiocarbonyl (C=S) groups is 1. The molecule has 1 heterocycles. The first-order valence-electron chi connectivity index (χ1n) is 6.39. The van der Waals surface area contributed by atoms with Crippen LogP contribution in [0.2, 0.25) is 0 Å². The summed E-state index contributed by atoms with van der Waals surface area (Å²) in [5.74, 6) is 1.51. The van der Waals surface area contributed by atoms with Crippen molar-refractivity contribution in [2.45, 2.75) is 46.1 Å². The molecule has 2 rings (SSSR count). The zero-order valence-electron chi connectivity index (χ0n) is 11.2. The van der Waals surface area contributed by atoms with Crippen LogP contribution in [0.25, 0.3) is 0 Å². The van der Waals surface area contributed by atoms with Crippen LogP contribution in [0.5, 0.6) is 0 Å². The molecule has 2 unspecified atom stereocenters. The SMILES string of the molecule is Cc1nnc(NC2CCC(C)C2)c(C(N)=S)c1C. The van der Waals surface area contributed by atoms with Gasteiger partial charge in [-0.15, -0.1) is 5.10 Å². The minimum Gasteiger partial charge on any atom is -0.389 e. The Hall–Kier alpha value is -1.23. The van der Waals surface area contributed by atoms with Crippen LogP contribution in [0, 0.1) is 19.8 Å². The Balaban J connectivity index is 2.27. The van der Waals surface area contributed by atoms with E-state index in [1.165, 1.54) is 19.3 Å². The summed E-state index contributed by atoms with van der Waals surface area (Å²) >= 11 is 5.13. The van der Waals surface area contributed by atoms with Gasteiger partial charge in [-0.3, -0.25) is 0 Å². The summed E-state index contributed by atoms with van der Waals surface area (Å²) in [5, 5.41) is 11.8. The van der Waals surface area contributed by atoms with E-state index >= 15 is 0 Å². The molecule has 0 bridgehead atoms. The van der Waals surface area contributed by atoms with Crippen LogP contribution < -0.4 is 11.1 Å². The molecule has 0 spiro atoms. The average molecular weight is 264 g/mol. The summed E-state index contributed by atoms with van der Waals surface area (Å²) in [6, 6.07) is 0.463. The number of nitrogens with two attached hydrogens (primary N) is 1. The lowest BCUT2D eigenvalue weighted by atomic mass is 10.1. The Morgan fingerprint density at radius 3 is 2.61 bits per heavy atom. The number of aryl methyl sites for hydroxylation is 1. The molecule has 0 amide bonds. The average Bonchev–Trinajstić information content (AvgIpc) is 2.69. The Labute approximate surface area is 113 Å². The second-order valence-electron chi connectivity index (χ2n) is 5.26. The Morgan fingerprint density at radius 1 is 1.33 bits per heavy atom. The first-order chi connectivity index (χ1) is 8.49. The number of hydrogen-bond donors (Lipinski definition) is 2. The molecule has 4 nitrogen and oxygen atoms in total. The number of rotatable bonds is 3. The molecule has 0 aliphatic heterocycles. The van der Waals surface area contributed by atoms with Crippen molar-refractivity contribution in [3.8, 4) is 0 Å². The van der Waals surface area contributed by atoms with Gasteiger partial charge < -0.3 is 11.1 Å². The zero-order valence-corrected chi connectivity index (χ0v) is 12.0. The van der Waals surface area contributed by atoms with Gasteiger partial charge in [0.1, 0.15) is 4.99 Å². The van der Waals surface area contributed by atoms with Gasteiger partial charge in [0.25, 0.3) is 0 Å². The van der Waals surface area contributed by atoms with E-state index in [-0.39, 0.29) is 0 Å². The number of hydrogen-bond acceptors (Lipinski definition) is 4. The fourth-order valence-corrected chi connectivity index (χ4v) is 2.79. The standard InChI is InChI=1S/C13H20N4S/c1-7-4-5-10(6-7)15-13-11(12(14)18)8(2)9(3)16-17-13/h7,10H,4-6H2,1-3H3,(H2,14,18)(H,15,17). The van der Waals surface area contributed by atoms with E-state index in [0.29, 0.717) is 11.0 Å². The number of aromatic nitrogens is 2. The summed E-state index contributed by atoms with van der Waals surface area (Å²) in [6.45, 7) is 6.19. The second-order valence-corrected chi connectivity index (χ2v) is 5.70. The van der Waals surface area contributed by atoms with Gasteiger partial charge in [-0.25, -0.2) is 0 Å². The summed E-state index contributed by atoms with van der Waals surface area (Å²) in [7, 11) is 0. The minimum absolute atomic E-state index is 0.388. The molecule has 1 aliphatic rings. The molecule has 98 valence electrons. The van der Waals surface area contributed by atoms with Gasteiger partial charge >= 0.3 is 0 Å². The van der Waals surface area contributed by atoms with Gasteiger partial charge in [0, 0.05) is 6.04 Å². The molecule has 1 aromatic rings. The van der Waals surface area contributed by atoms with Crippen molar-refractivity contribution in [1.82, 2.24) is 10.2 Å². The minimum atomic E-state index is 0.388. The van der Waals surface area contributed by atoms with E-state index < -0.39 is 0 Å². The monoisotopic (exact) mass is 264 g/mol. The first-order valence-corrected chi connectivity index (χ1v) is 6.80. The van der Waals surface area contributed by atoms with Crippen LogP contribution >= 0.6 is 12.2 Å². The van der Waals surface area contributed by atoms with E-state index in [0.717, 1.165) is 28.6 Å². The van der Waals surface area contributed by atoms with E-state index in [2.05, 4.69) is 22.4 Å². The third kappa shape index (κ3) is 2.61. The van der Waals surface area contributed by atoms with Crippen LogP contribution in [0.15, 0.2) is 0 Å². The summed E-state index contributed by atoms with van der Waals surface area (Å²) < 4.78 is 0. The van der Waals surface area contributed by atoms with E-state index in [1.54, 1.807) is 0 Å². The summed E-state index contributed by atoms with van der Waals surface area (Å²) in [6.07, 6.45) is 3.61. The highest BCUT2D eigenvalue weighted by molar-refractivity contribution is 7.80. The third-order valence-corrected chi connectivity index (χ3v) is 3.94. The van der Waals surface area contributed by atoms with Crippen LogP contribution in [-0.2, 0) is 0 Å². The molecule has 3 N–H and O–H groups in total. The lowest BCUT2D eigenvalue weighted by molar-refractivity contribution is 0.602. The van der Waals surface area contributed by atoms with Gasteiger partial charge in [0.05, 0.1) is 11.3 Å². The maximum Gasteiger partial charge on any atom is 0.159 e. The topological polar surface area (TPSA) is 63.8 Å². The molecule has 2 atom stereocenters. The van der Waals surface area contributed by atoms with Gasteiger partial charge in [-0.05, 0) is 44.6 Å². The third-order valence-electron chi connectivity index (χ3n) is 3.74. The van der Waals surface area contributed by atoms with Crippen LogP contribution in [0.4, 0.5) is 5.82 Å². The lowest BCUT2D eigenvalue weighted by Gasteiger charge is -2.17. The molecule has 0 saturated heterocycles. The van der Waals surface area contributed by atoms with Gasteiger partial charge in [-0.2, -0.15) is 5.10 Å². The van der Waals surface area contributed by atoms with E-state index in [9.17, 15) is 0 Å². The molecular weight excluding hydrogens is 244 g/mol. The normalized spacial score (nSPS) is 23.1. The van der Waals surface area contributed by atoms with Crippen molar-refractivity contribution in [1.29, 1.82) is 0 Å². The smallest absolute Gasteiger partial charge is 0.159 e. The van der Waals surface area contributed by atoms with E-state index in [1.807, 2.05) is 13.8 Å². The van der Waals surface area contributed by atoms with Crippen LogP contribution in [-0.4, -0.2) is 21.2 Å². The molecule has 0 aromatic carbocycles. The predicted octanol–water partition coefficient (Wildman–Crippen LogP) is 2.33. The summed E-state index contributed by atoms with van der Waals surface area (Å²) in [4.78, 5) is 0.388. The van der Waals surface area contributed by atoms with Crippen molar-refractivity contribution in [3.05, 3.63) is 16.8 Å². The Morgan fingerprint density at radius 2 is 2.06 bits per heavy atom. The number of nitrogens with one attached hydrogen (secondary N) is 1. The molecule has 18 heavy (non-hydrogen) atoms. The fraction of sp³-hybridized carbons (Fsp3) is 0.615. The van der Waals surface area contributed by atoms with Crippen molar-refractivity contribution in [2.75, 3.05) is 5.32 Å². The second kappa shape index (κ2) is 5.18. The van der Waals surface area contributed by atoms with Crippen molar-refractivity contribution in [2.24, 2.45) is 11.7 Å². The van der Waals surface area contributed by atoms with Crippen molar-refractivity contribution < 1.29 is 0 Å². The highest BCUT2D eigenvalue weighted by Crippen LogP contribution is 2.28. The molecule has 1 aromatic heterocycles. The summed E-state index contributed by atoms with van der Waals surface area (Å²) in [5.41, 5.74) is 8.55. The first kappa shape index (κ1) is 13.2. The molecule has 0 radical (unpaired) electrons. The van der Waals surface area contributed by atoms with E-state index in [4.69, 9.17) is 18.0 Å². The highest BCUT2D eigenvalue weighted by Gasteiger charge is 2.23. The number of nitrogens with zero attached hydrogens (tertiary/aromatic N) is 2. The maximum absolute atomic E-state index is 5.81. The Bertz CT molecular complexity index is 472. The lowest BCUT2D eigenvalue weighted by Crippen LogP contribution is -2.23. The van der Waals surface area contributed by atoms with Crippen molar-refractivity contribution >= 4 is 23.0 Å². The van der Waals surface area contributed by atoms with Gasteiger partial charge in [0.15, 0.2) is 5.82 Å². The van der Waals surface area contributed by atoms with Gasteiger partial charge in [0.2, 0.25) is 0 Å². The van der Waals surface area contributed by atoms with Gasteiger partial charge in [-0.1, -0.05) is 19.1 Å². The maximum atomic E-state index is 5.81. The van der Waals surface area contributed by atoms with Crippen LogP contribution in [0.3, 0.4) is 0 Å². The molecule has 1 saturated carbocycles. The fourth-order valence-electron chi connectivity index (χ4n) is 2.54. The molecule has 5 heteroatoms. The largest absolute Gasteiger partial charge is 0.389 e.